The van der Waals surface area contributed by atoms with Crippen molar-refractivity contribution in [3.8, 4) is 0 Å². The van der Waals surface area contributed by atoms with Gasteiger partial charge in [-0.25, -0.2) is 0 Å². The van der Waals surface area contributed by atoms with Gasteiger partial charge in [-0.1, -0.05) is 0 Å². The summed E-state index contributed by atoms with van der Waals surface area (Å²) in [5, 5.41) is 0. The van der Waals surface area contributed by atoms with Gasteiger partial charge in [-0.15, -0.1) is 33.2 Å². The summed E-state index contributed by atoms with van der Waals surface area (Å²) in [6.45, 7) is 6.94. The van der Waals surface area contributed by atoms with Gasteiger partial charge in [0.2, 0.25) is 0 Å². The molecule has 0 nitrogen and oxygen atoms in total. The van der Waals surface area contributed by atoms with E-state index in [1.807, 2.05) is 0 Å². The van der Waals surface area contributed by atoms with Crippen LogP contribution < -0.4 is 0 Å². The lowest BCUT2D eigenvalue weighted by molar-refractivity contribution is 1.05. The molecule has 0 aliphatic carbocycles. The Hall–Kier alpha value is 1.52. The fraction of sp³-hybridized carbons (Fsp3) is 1.00. The summed E-state index contributed by atoms with van der Waals surface area (Å²) in [6, 6.07) is -1.53. The van der Waals surface area contributed by atoms with Crippen molar-refractivity contribution >= 4 is 46.5 Å². The van der Waals surface area contributed by atoms with E-state index in [1.165, 1.54) is 24.6 Å². The monoisotopic (exact) mass is 293 g/mol. The second kappa shape index (κ2) is 6.96. The molecule has 0 atom stereocenters. The second-order valence-corrected chi connectivity index (χ2v) is 18.0. The van der Waals surface area contributed by atoms with Crippen LogP contribution in [-0.2, 0) is 0 Å². The summed E-state index contributed by atoms with van der Waals surface area (Å²) in [5.41, 5.74) is 0. The molecule has 0 aliphatic rings. The smallest absolute Gasteiger partial charge is 0.126 e. The molecule has 14 heavy (non-hydrogen) atoms. The largest absolute Gasteiger partial charge is 0.341 e. The zero-order valence-corrected chi connectivity index (χ0v) is 13.5. The molecule has 0 aromatic heterocycles. The Bertz CT molecular complexity index is 146. The van der Waals surface area contributed by atoms with Gasteiger partial charge in [0.25, 0.3) is 0 Å². The van der Waals surface area contributed by atoms with Crippen molar-refractivity contribution in [2.45, 2.75) is 33.2 Å². The van der Waals surface area contributed by atoms with Crippen LogP contribution in [0.5, 0.6) is 0 Å². The molecule has 0 fully saturated rings. The average Bonchev–Trinajstić information content (AvgIpc) is 2.11. The van der Waals surface area contributed by atoms with Crippen LogP contribution in [0.15, 0.2) is 0 Å². The second-order valence-electron chi connectivity index (χ2n) is 3.73. The summed E-state index contributed by atoms with van der Waals surface area (Å²) in [4.78, 5) is 0. The molecule has 86 valence electrons. The summed E-state index contributed by atoms with van der Waals surface area (Å²) in [7, 11) is -0.679. The van der Waals surface area contributed by atoms with E-state index in [2.05, 4.69) is 20.8 Å². The van der Waals surface area contributed by atoms with Crippen LogP contribution in [0, 0.1) is 0 Å². The van der Waals surface area contributed by atoms with E-state index in [9.17, 15) is 0 Å². The third kappa shape index (κ3) is 6.18. The molecule has 0 heterocycles. The normalized spacial score (nSPS) is 13.3. The van der Waals surface area contributed by atoms with Crippen LogP contribution in [0.2, 0.25) is 6.04 Å². The minimum atomic E-state index is -2.36. The maximum Gasteiger partial charge on any atom is 0.341 e. The molecule has 0 N–H and O–H groups in total. The molecule has 0 saturated heterocycles. The maximum absolute atomic E-state index is 5.87. The van der Waals surface area contributed by atoms with E-state index < -0.39 is 13.3 Å². The van der Waals surface area contributed by atoms with Crippen molar-refractivity contribution in [1.82, 2.24) is 0 Å². The predicted molar refractivity (Wildman–Crippen MR) is 76.1 cm³/mol. The van der Waals surface area contributed by atoms with E-state index in [0.717, 1.165) is 12.5 Å². The molecule has 0 bridgehead atoms. The van der Waals surface area contributed by atoms with Crippen molar-refractivity contribution in [2.75, 3.05) is 24.6 Å². The summed E-state index contributed by atoms with van der Waals surface area (Å²) in [6.07, 6.45) is 6.48. The van der Waals surface area contributed by atoms with E-state index >= 15 is 0 Å². The first-order chi connectivity index (χ1) is 6.39. The summed E-state index contributed by atoms with van der Waals surface area (Å²) < 4.78 is 0. The van der Waals surface area contributed by atoms with Gasteiger partial charge in [0.15, 0.2) is 0 Å². The van der Waals surface area contributed by atoms with Gasteiger partial charge in [0.05, 0.1) is 24.6 Å². The van der Waals surface area contributed by atoms with Gasteiger partial charge in [0.1, 0.15) is 0 Å². The molecule has 0 saturated carbocycles. The Labute approximate surface area is 104 Å². The molecule has 0 rings (SSSR count). The van der Waals surface area contributed by atoms with Crippen LogP contribution in [0.25, 0.3) is 0 Å². The van der Waals surface area contributed by atoms with E-state index in [1.54, 1.807) is 0 Å². The molecule has 0 aliphatic heterocycles. The average molecular weight is 295 g/mol. The zero-order valence-electron chi connectivity index (χ0n) is 9.32. The highest BCUT2D eigenvalue weighted by Crippen LogP contribution is 2.58. The van der Waals surface area contributed by atoms with Gasteiger partial charge in [0, 0.05) is 7.26 Å². The lowest BCUT2D eigenvalue weighted by atomic mass is 10.6. The van der Waals surface area contributed by atoms with Gasteiger partial charge in [-0.05, 0) is 33.2 Å². The van der Waals surface area contributed by atoms with Crippen LogP contribution in [0.4, 0.5) is 0 Å². The first kappa shape index (κ1) is 15.5. The molecule has 0 aromatic carbocycles. The van der Waals surface area contributed by atoms with Crippen LogP contribution in [-0.4, -0.2) is 30.7 Å². The molecule has 0 unspecified atom stereocenters. The quantitative estimate of drug-likeness (QED) is 0.348. The number of rotatable bonds is 7. The van der Waals surface area contributed by atoms with Crippen LogP contribution in [0.3, 0.4) is 0 Å². The molecular weight excluding hydrogens is 274 g/mol. The first-order valence-corrected chi connectivity index (χ1v) is 13.1. The summed E-state index contributed by atoms with van der Waals surface area (Å²) in [5.74, 6) is 0. The SMILES string of the molecule is CC[P+](CC)(CC)CCC[Si](Cl)(Cl)Cl. The van der Waals surface area contributed by atoms with Crippen LogP contribution in [0.1, 0.15) is 27.2 Å². The zero-order chi connectivity index (χ0) is 11.2. The fourth-order valence-electron chi connectivity index (χ4n) is 1.76. The Kier molecular flexibility index (Phi) is 7.72. The van der Waals surface area contributed by atoms with Crippen molar-refractivity contribution in [3.63, 3.8) is 0 Å². The van der Waals surface area contributed by atoms with Crippen LogP contribution >= 0.6 is 40.5 Å². The topological polar surface area (TPSA) is 0 Å². The maximum atomic E-state index is 5.87. The van der Waals surface area contributed by atoms with Crippen molar-refractivity contribution in [2.24, 2.45) is 0 Å². The third-order valence-corrected chi connectivity index (χ3v) is 11.0. The van der Waals surface area contributed by atoms with Gasteiger partial charge >= 0.3 is 6.00 Å². The Morgan fingerprint density at radius 2 is 1.36 bits per heavy atom. The van der Waals surface area contributed by atoms with Crippen molar-refractivity contribution in [3.05, 3.63) is 0 Å². The van der Waals surface area contributed by atoms with Gasteiger partial charge in [-0.2, -0.15) is 0 Å². The number of halogens is 3. The predicted octanol–water partition coefficient (Wildman–Crippen LogP) is 5.11. The highest BCUT2D eigenvalue weighted by Gasteiger charge is 2.32. The number of hydrogen-bond acceptors (Lipinski definition) is 0. The minimum Gasteiger partial charge on any atom is -0.126 e. The van der Waals surface area contributed by atoms with Crippen molar-refractivity contribution < 1.29 is 0 Å². The molecular formula is C9H21Cl3PSi+. The first-order valence-electron chi connectivity index (χ1n) is 5.31. The third-order valence-electron chi connectivity index (χ3n) is 3.11. The molecule has 0 spiro atoms. The Morgan fingerprint density at radius 3 is 1.64 bits per heavy atom. The molecule has 5 heteroatoms. The Morgan fingerprint density at radius 1 is 0.929 bits per heavy atom. The fourth-order valence-corrected chi connectivity index (χ4v) is 6.96. The standard InChI is InChI=1S/C9H21Cl3PSi/c1-4-13(5-2,6-3)8-7-9-14(10,11)12/h4-9H2,1-3H3/q+1. The highest BCUT2D eigenvalue weighted by molar-refractivity contribution is 7.75. The number of hydrogen-bond donors (Lipinski definition) is 0. The van der Waals surface area contributed by atoms with Crippen molar-refractivity contribution in [1.29, 1.82) is 0 Å². The highest BCUT2D eigenvalue weighted by atomic mass is 35.8. The lowest BCUT2D eigenvalue weighted by Crippen LogP contribution is -2.13. The van der Waals surface area contributed by atoms with E-state index in [-0.39, 0.29) is 0 Å². The lowest BCUT2D eigenvalue weighted by Gasteiger charge is -2.23. The summed E-state index contributed by atoms with van der Waals surface area (Å²) >= 11 is 17.6. The Balaban J connectivity index is 3.95. The van der Waals surface area contributed by atoms with E-state index in [0.29, 0.717) is 0 Å². The van der Waals surface area contributed by atoms with Gasteiger partial charge < -0.3 is 0 Å². The van der Waals surface area contributed by atoms with E-state index in [4.69, 9.17) is 33.2 Å². The molecule has 0 amide bonds. The molecule has 0 radical (unpaired) electrons. The van der Waals surface area contributed by atoms with Gasteiger partial charge in [-0.3, -0.25) is 0 Å². The molecule has 0 aromatic rings. The minimum absolute atomic E-state index is 0.679.